The van der Waals surface area contributed by atoms with E-state index in [0.29, 0.717) is 42.8 Å². The number of ether oxygens (including phenoxy) is 3. The molecule has 1 aromatic rings. The highest BCUT2D eigenvalue weighted by Crippen LogP contribution is 2.24. The highest BCUT2D eigenvalue weighted by atomic mass is 16.5. The van der Waals surface area contributed by atoms with E-state index in [1.54, 1.807) is 39.5 Å². The van der Waals surface area contributed by atoms with Crippen molar-refractivity contribution in [1.82, 2.24) is 9.80 Å². The predicted octanol–water partition coefficient (Wildman–Crippen LogP) is 1.50. The molecule has 1 aliphatic heterocycles. The van der Waals surface area contributed by atoms with Gasteiger partial charge >= 0.3 is 0 Å². The van der Waals surface area contributed by atoms with Crippen LogP contribution in [0.4, 0.5) is 0 Å². The van der Waals surface area contributed by atoms with Crippen molar-refractivity contribution >= 4 is 5.91 Å². The summed E-state index contributed by atoms with van der Waals surface area (Å²) < 4.78 is 15.7. The molecule has 0 bridgehead atoms. The Bertz CT molecular complexity index is 505. The Morgan fingerprint density at radius 2 is 1.61 bits per heavy atom. The smallest absolute Gasteiger partial charge is 0.254 e. The van der Waals surface area contributed by atoms with Gasteiger partial charge in [0.25, 0.3) is 5.91 Å². The van der Waals surface area contributed by atoms with E-state index in [4.69, 9.17) is 14.2 Å². The summed E-state index contributed by atoms with van der Waals surface area (Å²) in [6.07, 6.45) is 0. The van der Waals surface area contributed by atoms with Crippen molar-refractivity contribution in [3.8, 4) is 11.5 Å². The van der Waals surface area contributed by atoms with Gasteiger partial charge in [0, 0.05) is 51.0 Å². The van der Waals surface area contributed by atoms with Gasteiger partial charge in [0.1, 0.15) is 11.5 Å². The van der Waals surface area contributed by atoms with Crippen molar-refractivity contribution in [1.29, 1.82) is 0 Å². The minimum absolute atomic E-state index is 0.0150. The van der Waals surface area contributed by atoms with E-state index >= 15 is 0 Å². The van der Waals surface area contributed by atoms with Crippen molar-refractivity contribution in [2.24, 2.45) is 0 Å². The van der Waals surface area contributed by atoms with Gasteiger partial charge in [-0.3, -0.25) is 9.69 Å². The number of hydrogen-bond acceptors (Lipinski definition) is 5. The second-order valence-electron chi connectivity index (χ2n) is 5.73. The fourth-order valence-corrected chi connectivity index (χ4v) is 2.83. The molecule has 0 unspecified atom stereocenters. The number of benzene rings is 1. The molecule has 0 radical (unpaired) electrons. The van der Waals surface area contributed by atoms with Crippen molar-refractivity contribution in [2.75, 3.05) is 54.1 Å². The van der Waals surface area contributed by atoms with Gasteiger partial charge in [0.2, 0.25) is 0 Å². The third-order valence-corrected chi connectivity index (χ3v) is 4.23. The number of carbonyl (C=O) groups excluding carboxylic acids is 1. The average molecular weight is 322 g/mol. The number of methoxy groups -OCH3 is 3. The summed E-state index contributed by atoms with van der Waals surface area (Å²) in [7, 11) is 4.88. The van der Waals surface area contributed by atoms with Crippen LogP contribution in [0.1, 0.15) is 17.3 Å². The van der Waals surface area contributed by atoms with Gasteiger partial charge in [-0.05, 0) is 19.1 Å². The van der Waals surface area contributed by atoms with E-state index in [-0.39, 0.29) is 5.91 Å². The van der Waals surface area contributed by atoms with Crippen LogP contribution in [0.3, 0.4) is 0 Å². The zero-order valence-corrected chi connectivity index (χ0v) is 14.4. The van der Waals surface area contributed by atoms with Crippen LogP contribution >= 0.6 is 0 Å². The van der Waals surface area contributed by atoms with E-state index in [1.165, 1.54) is 0 Å². The van der Waals surface area contributed by atoms with Gasteiger partial charge < -0.3 is 19.1 Å². The average Bonchev–Trinajstić information content (AvgIpc) is 2.60. The summed E-state index contributed by atoms with van der Waals surface area (Å²) in [5, 5.41) is 0. The molecular formula is C17H26N2O4. The number of carbonyl (C=O) groups is 1. The summed E-state index contributed by atoms with van der Waals surface area (Å²) in [5.74, 6) is 1.27. The maximum Gasteiger partial charge on any atom is 0.254 e. The third-order valence-electron chi connectivity index (χ3n) is 4.23. The summed E-state index contributed by atoms with van der Waals surface area (Å²) in [5.41, 5.74) is 0.597. The Labute approximate surface area is 137 Å². The summed E-state index contributed by atoms with van der Waals surface area (Å²) in [6.45, 7) is 6.00. The third kappa shape index (κ3) is 4.36. The van der Waals surface area contributed by atoms with Crippen LogP contribution in [0.2, 0.25) is 0 Å². The monoisotopic (exact) mass is 322 g/mol. The number of hydrogen-bond donors (Lipinski definition) is 0. The Balaban J connectivity index is 2.02. The Hall–Kier alpha value is -1.79. The zero-order chi connectivity index (χ0) is 16.8. The van der Waals surface area contributed by atoms with E-state index in [1.807, 2.05) is 4.90 Å². The SMILES string of the molecule is COC[C@@H](C)N1CCN(C(=O)c2cc(OC)cc(OC)c2)CC1. The van der Waals surface area contributed by atoms with Gasteiger partial charge in [-0.15, -0.1) is 0 Å². The summed E-state index contributed by atoms with van der Waals surface area (Å²) in [6, 6.07) is 5.64. The van der Waals surface area contributed by atoms with E-state index in [9.17, 15) is 4.79 Å². The van der Waals surface area contributed by atoms with Crippen LogP contribution in [-0.2, 0) is 4.74 Å². The topological polar surface area (TPSA) is 51.2 Å². The van der Waals surface area contributed by atoms with E-state index in [0.717, 1.165) is 13.1 Å². The minimum Gasteiger partial charge on any atom is -0.497 e. The number of nitrogens with zero attached hydrogens (tertiary/aromatic N) is 2. The van der Waals surface area contributed by atoms with Gasteiger partial charge in [-0.25, -0.2) is 0 Å². The largest absolute Gasteiger partial charge is 0.497 e. The van der Waals surface area contributed by atoms with Crippen molar-refractivity contribution in [2.45, 2.75) is 13.0 Å². The lowest BCUT2D eigenvalue weighted by Gasteiger charge is -2.37. The van der Waals surface area contributed by atoms with E-state index in [2.05, 4.69) is 11.8 Å². The molecule has 1 fully saturated rings. The van der Waals surface area contributed by atoms with Crippen LogP contribution in [0.25, 0.3) is 0 Å². The predicted molar refractivity (Wildman–Crippen MR) is 88.4 cm³/mol. The highest BCUT2D eigenvalue weighted by Gasteiger charge is 2.25. The molecule has 1 amide bonds. The van der Waals surface area contributed by atoms with E-state index < -0.39 is 0 Å². The van der Waals surface area contributed by atoms with Crippen LogP contribution in [0.15, 0.2) is 18.2 Å². The zero-order valence-electron chi connectivity index (χ0n) is 14.4. The molecule has 128 valence electrons. The molecule has 1 atom stereocenters. The Kier molecular flexibility index (Phi) is 6.24. The normalized spacial score (nSPS) is 17.0. The molecule has 0 saturated carbocycles. The van der Waals surface area contributed by atoms with Gasteiger partial charge in [-0.2, -0.15) is 0 Å². The molecular weight excluding hydrogens is 296 g/mol. The van der Waals surface area contributed by atoms with Crippen molar-refractivity contribution in [3.63, 3.8) is 0 Å². The number of amides is 1. The fraction of sp³-hybridized carbons (Fsp3) is 0.588. The lowest BCUT2D eigenvalue weighted by atomic mass is 10.1. The van der Waals surface area contributed by atoms with Crippen LogP contribution in [0.5, 0.6) is 11.5 Å². The molecule has 0 N–H and O–H groups in total. The molecule has 0 spiro atoms. The maximum atomic E-state index is 12.7. The lowest BCUT2D eigenvalue weighted by molar-refractivity contribution is 0.0448. The maximum absolute atomic E-state index is 12.7. The highest BCUT2D eigenvalue weighted by molar-refractivity contribution is 5.95. The van der Waals surface area contributed by atoms with Crippen LogP contribution < -0.4 is 9.47 Å². The van der Waals surface area contributed by atoms with Gasteiger partial charge in [0.15, 0.2) is 0 Å². The first-order valence-corrected chi connectivity index (χ1v) is 7.84. The molecule has 0 aliphatic carbocycles. The second kappa shape index (κ2) is 8.17. The number of piperazine rings is 1. The quantitative estimate of drug-likeness (QED) is 0.794. The molecule has 6 nitrogen and oxygen atoms in total. The van der Waals surface area contributed by atoms with Crippen molar-refractivity contribution in [3.05, 3.63) is 23.8 Å². The standard InChI is InChI=1S/C17H26N2O4/c1-13(12-21-2)18-5-7-19(8-6-18)17(20)14-9-15(22-3)11-16(10-14)23-4/h9-11,13H,5-8,12H2,1-4H3/t13-/m1/s1. The fourth-order valence-electron chi connectivity index (χ4n) is 2.83. The molecule has 2 rings (SSSR count). The first kappa shape index (κ1) is 17.6. The molecule has 1 heterocycles. The Morgan fingerprint density at radius 1 is 1.04 bits per heavy atom. The van der Waals surface area contributed by atoms with Gasteiger partial charge in [-0.1, -0.05) is 0 Å². The second-order valence-corrected chi connectivity index (χ2v) is 5.73. The van der Waals surface area contributed by atoms with Gasteiger partial charge in [0.05, 0.1) is 20.8 Å². The molecule has 1 aromatic carbocycles. The molecule has 0 aromatic heterocycles. The molecule has 6 heteroatoms. The molecule has 23 heavy (non-hydrogen) atoms. The van der Waals surface area contributed by atoms with Crippen LogP contribution in [-0.4, -0.2) is 75.9 Å². The minimum atomic E-state index is 0.0150. The summed E-state index contributed by atoms with van der Waals surface area (Å²) >= 11 is 0. The first-order chi connectivity index (χ1) is 11.1. The lowest BCUT2D eigenvalue weighted by Crippen LogP contribution is -2.52. The molecule has 1 aliphatic rings. The summed E-state index contributed by atoms with van der Waals surface area (Å²) in [4.78, 5) is 16.9. The first-order valence-electron chi connectivity index (χ1n) is 7.84. The number of rotatable bonds is 6. The van der Waals surface area contributed by atoms with Crippen LogP contribution in [0, 0.1) is 0 Å². The van der Waals surface area contributed by atoms with Crippen molar-refractivity contribution < 1.29 is 19.0 Å². The Morgan fingerprint density at radius 3 is 2.09 bits per heavy atom. The molecule has 1 saturated heterocycles.